The molecule has 3 rings (SSSR count). The van der Waals surface area contributed by atoms with Crippen LogP contribution in [0.4, 0.5) is 4.39 Å². The monoisotopic (exact) mass is 334 g/mol. The molecule has 0 aliphatic heterocycles. The van der Waals surface area contributed by atoms with Crippen LogP contribution in [0.3, 0.4) is 0 Å². The van der Waals surface area contributed by atoms with Crippen LogP contribution in [-0.4, -0.2) is 14.5 Å². The van der Waals surface area contributed by atoms with Crippen LogP contribution >= 0.6 is 15.9 Å². The number of aliphatic hydroxyl groups is 1. The number of aromatic nitrogens is 2. The van der Waals surface area contributed by atoms with E-state index in [4.69, 9.17) is 0 Å². The fourth-order valence-corrected chi connectivity index (χ4v) is 2.68. The first kappa shape index (κ1) is 13.3. The zero-order valence-electron chi connectivity index (χ0n) is 10.5. The van der Waals surface area contributed by atoms with Crippen LogP contribution in [0.25, 0.3) is 5.65 Å². The molecule has 0 aliphatic rings. The molecule has 0 radical (unpaired) electrons. The van der Waals surface area contributed by atoms with Crippen LogP contribution in [-0.2, 0) is 6.42 Å². The summed E-state index contributed by atoms with van der Waals surface area (Å²) in [6, 6.07) is 10.3. The maximum atomic E-state index is 13.3. The lowest BCUT2D eigenvalue weighted by Gasteiger charge is -2.08. The third kappa shape index (κ3) is 2.73. The van der Waals surface area contributed by atoms with Crippen molar-refractivity contribution in [1.82, 2.24) is 9.38 Å². The van der Waals surface area contributed by atoms with E-state index in [2.05, 4.69) is 20.9 Å². The van der Waals surface area contributed by atoms with Crippen LogP contribution in [0.1, 0.15) is 17.4 Å². The molecule has 0 fully saturated rings. The topological polar surface area (TPSA) is 37.5 Å². The van der Waals surface area contributed by atoms with Crippen molar-refractivity contribution in [2.75, 3.05) is 0 Å². The van der Waals surface area contributed by atoms with Crippen molar-refractivity contribution in [2.24, 2.45) is 0 Å². The van der Waals surface area contributed by atoms with E-state index < -0.39 is 6.10 Å². The summed E-state index contributed by atoms with van der Waals surface area (Å²) in [4.78, 5) is 4.36. The van der Waals surface area contributed by atoms with Gasteiger partial charge >= 0.3 is 0 Å². The molecule has 5 heteroatoms. The third-order valence-corrected chi connectivity index (χ3v) is 3.53. The highest BCUT2D eigenvalue weighted by Crippen LogP contribution is 2.21. The summed E-state index contributed by atoms with van der Waals surface area (Å²) in [5.41, 5.74) is 2.08. The molecule has 1 unspecified atom stereocenters. The van der Waals surface area contributed by atoms with Gasteiger partial charge in [0.2, 0.25) is 0 Å². The van der Waals surface area contributed by atoms with Crippen LogP contribution in [0.2, 0.25) is 0 Å². The molecule has 1 aromatic carbocycles. The van der Waals surface area contributed by atoms with E-state index in [1.807, 2.05) is 28.8 Å². The van der Waals surface area contributed by atoms with E-state index in [1.54, 1.807) is 12.3 Å². The molecule has 1 N–H and O–H groups in total. The molecule has 0 amide bonds. The third-order valence-electron chi connectivity index (χ3n) is 3.08. The smallest absolute Gasteiger partial charge is 0.137 e. The second-order valence-electron chi connectivity index (χ2n) is 4.63. The Labute approximate surface area is 123 Å². The number of nitrogens with zero attached hydrogens (tertiary/aromatic N) is 2. The Bertz CT molecular complexity index is 703. The summed E-state index contributed by atoms with van der Waals surface area (Å²) < 4.78 is 15.8. The molecular weight excluding hydrogens is 323 g/mol. The van der Waals surface area contributed by atoms with E-state index >= 15 is 0 Å². The molecule has 0 saturated carbocycles. The van der Waals surface area contributed by atoms with Crippen molar-refractivity contribution < 1.29 is 9.50 Å². The maximum Gasteiger partial charge on any atom is 0.137 e. The van der Waals surface area contributed by atoms with Gasteiger partial charge in [-0.1, -0.05) is 22.0 Å². The number of hydrogen-bond donors (Lipinski definition) is 1. The van der Waals surface area contributed by atoms with Crippen molar-refractivity contribution in [3.63, 3.8) is 0 Å². The normalized spacial score (nSPS) is 12.8. The summed E-state index contributed by atoms with van der Waals surface area (Å²) in [7, 11) is 0. The van der Waals surface area contributed by atoms with Crippen molar-refractivity contribution in [3.05, 3.63) is 70.3 Å². The van der Waals surface area contributed by atoms with Gasteiger partial charge in [0.25, 0.3) is 0 Å². The van der Waals surface area contributed by atoms with Gasteiger partial charge in [0.15, 0.2) is 0 Å². The summed E-state index contributed by atoms with van der Waals surface area (Å²) in [5, 5.41) is 10.2. The molecule has 1 atom stereocenters. The number of hydrogen-bond acceptors (Lipinski definition) is 2. The van der Waals surface area contributed by atoms with Crippen molar-refractivity contribution in [1.29, 1.82) is 0 Å². The number of rotatable bonds is 3. The first-order chi connectivity index (χ1) is 9.61. The van der Waals surface area contributed by atoms with Gasteiger partial charge in [0.1, 0.15) is 17.6 Å². The van der Waals surface area contributed by atoms with Crippen molar-refractivity contribution in [3.8, 4) is 0 Å². The molecule has 2 heterocycles. The minimum Gasteiger partial charge on any atom is -0.386 e. The van der Waals surface area contributed by atoms with Gasteiger partial charge in [-0.25, -0.2) is 9.37 Å². The van der Waals surface area contributed by atoms with E-state index in [1.165, 1.54) is 12.1 Å². The van der Waals surface area contributed by atoms with Gasteiger partial charge in [0, 0.05) is 23.3 Å². The minimum absolute atomic E-state index is 0.320. The lowest BCUT2D eigenvalue weighted by atomic mass is 10.1. The van der Waals surface area contributed by atoms with Crippen LogP contribution in [0, 0.1) is 5.82 Å². The first-order valence-corrected chi connectivity index (χ1v) is 6.98. The highest BCUT2D eigenvalue weighted by molar-refractivity contribution is 9.10. The molecule has 0 bridgehead atoms. The number of imidazole rings is 1. The Morgan fingerprint density at radius 3 is 2.90 bits per heavy atom. The zero-order chi connectivity index (χ0) is 14.1. The molecule has 20 heavy (non-hydrogen) atoms. The number of pyridine rings is 1. The summed E-state index contributed by atoms with van der Waals surface area (Å²) in [6.45, 7) is 0. The highest BCUT2D eigenvalue weighted by Gasteiger charge is 2.13. The largest absolute Gasteiger partial charge is 0.386 e. The predicted molar refractivity (Wildman–Crippen MR) is 78.0 cm³/mol. The number of fused-ring (bicyclic) bond motifs is 1. The highest BCUT2D eigenvalue weighted by atomic mass is 79.9. The average molecular weight is 335 g/mol. The Hall–Kier alpha value is -1.72. The van der Waals surface area contributed by atoms with Crippen molar-refractivity contribution >= 4 is 21.6 Å². The number of halogens is 2. The van der Waals surface area contributed by atoms with Crippen LogP contribution in [0.15, 0.2) is 53.3 Å². The molecule has 0 saturated heterocycles. The molecular formula is C15H12BrFN2O. The lowest BCUT2D eigenvalue weighted by molar-refractivity contribution is 0.174. The summed E-state index contributed by atoms with van der Waals surface area (Å²) >= 11 is 3.25. The Kier molecular flexibility index (Phi) is 3.54. The minimum atomic E-state index is -0.761. The second-order valence-corrected chi connectivity index (χ2v) is 5.55. The molecule has 3 aromatic rings. The number of benzene rings is 1. The van der Waals surface area contributed by atoms with Gasteiger partial charge in [-0.15, -0.1) is 0 Å². The van der Waals surface area contributed by atoms with E-state index in [9.17, 15) is 9.50 Å². The predicted octanol–water partition coefficient (Wildman–Crippen LogP) is 3.51. The Morgan fingerprint density at radius 1 is 1.30 bits per heavy atom. The average Bonchev–Trinajstić information content (AvgIpc) is 2.81. The summed E-state index contributed by atoms with van der Waals surface area (Å²) in [5.74, 6) is -0.323. The maximum absolute atomic E-state index is 13.3. The van der Waals surface area contributed by atoms with Gasteiger partial charge in [-0.2, -0.15) is 0 Å². The van der Waals surface area contributed by atoms with Gasteiger partial charge in [-0.3, -0.25) is 0 Å². The van der Waals surface area contributed by atoms with E-state index in [0.717, 1.165) is 11.2 Å². The van der Waals surface area contributed by atoms with Gasteiger partial charge < -0.3 is 9.51 Å². The standard InChI is InChI=1S/C15H12BrFN2O/c16-11-5-10(6-12(17)8-11)7-14(20)13-9-19-4-2-1-3-15(19)18-13/h1-6,8-9,14,20H,7H2. The number of aliphatic hydroxyl groups excluding tert-OH is 1. The Balaban J connectivity index is 1.86. The fourth-order valence-electron chi connectivity index (χ4n) is 2.17. The Morgan fingerprint density at radius 2 is 2.15 bits per heavy atom. The van der Waals surface area contributed by atoms with Crippen molar-refractivity contribution in [2.45, 2.75) is 12.5 Å². The van der Waals surface area contributed by atoms with Crippen LogP contribution < -0.4 is 0 Å². The molecule has 3 nitrogen and oxygen atoms in total. The molecule has 0 aliphatic carbocycles. The second kappa shape index (κ2) is 5.34. The first-order valence-electron chi connectivity index (χ1n) is 6.18. The summed E-state index contributed by atoms with van der Waals surface area (Å²) in [6.07, 6.45) is 3.22. The van der Waals surface area contributed by atoms with Gasteiger partial charge in [0.05, 0.1) is 5.69 Å². The van der Waals surface area contributed by atoms with E-state index in [0.29, 0.717) is 16.6 Å². The van der Waals surface area contributed by atoms with E-state index in [-0.39, 0.29) is 5.82 Å². The lowest BCUT2D eigenvalue weighted by Crippen LogP contribution is -2.02. The molecule has 102 valence electrons. The molecule has 0 spiro atoms. The zero-order valence-corrected chi connectivity index (χ0v) is 12.1. The molecule has 2 aromatic heterocycles. The SMILES string of the molecule is OC(Cc1cc(F)cc(Br)c1)c1cn2ccccc2n1. The van der Waals surface area contributed by atoms with Crippen LogP contribution in [0.5, 0.6) is 0 Å². The quantitative estimate of drug-likeness (QED) is 0.795. The fraction of sp³-hybridized carbons (Fsp3) is 0.133. The van der Waals surface area contributed by atoms with Gasteiger partial charge in [-0.05, 0) is 35.9 Å².